The van der Waals surface area contributed by atoms with Crippen LogP contribution < -0.4 is 5.32 Å². The van der Waals surface area contributed by atoms with Gasteiger partial charge in [-0.1, -0.05) is 19.9 Å². The number of aliphatic hydroxyl groups is 1. The van der Waals surface area contributed by atoms with Gasteiger partial charge in [-0.15, -0.1) is 0 Å². The molecule has 2 fully saturated rings. The Morgan fingerprint density at radius 2 is 2.17 bits per heavy atom. The quantitative estimate of drug-likeness (QED) is 0.894. The van der Waals surface area contributed by atoms with E-state index in [1.54, 1.807) is 0 Å². The Morgan fingerprint density at radius 3 is 2.78 bits per heavy atom. The molecule has 1 aromatic rings. The Morgan fingerprint density at radius 1 is 1.43 bits per heavy atom. The lowest BCUT2D eigenvalue weighted by atomic mass is 9.66. The first-order valence-corrected chi connectivity index (χ1v) is 8.39. The third-order valence-electron chi connectivity index (χ3n) is 5.54. The average molecular weight is 314 g/mol. The smallest absolute Gasteiger partial charge is 0.145 e. The fourth-order valence-corrected chi connectivity index (χ4v) is 4.91. The van der Waals surface area contributed by atoms with Gasteiger partial charge in [-0.2, -0.15) is 5.26 Å². The molecule has 0 aromatic carbocycles. The minimum absolute atomic E-state index is 0.00620. The fraction of sp³-hybridized carbons (Fsp3) is 0.667. The van der Waals surface area contributed by atoms with E-state index < -0.39 is 0 Å². The highest BCUT2D eigenvalue weighted by molar-refractivity contribution is 5.43. The summed E-state index contributed by atoms with van der Waals surface area (Å²) in [7, 11) is 2.17. The molecule has 1 spiro atoms. The van der Waals surface area contributed by atoms with E-state index >= 15 is 0 Å². The van der Waals surface area contributed by atoms with E-state index in [4.69, 9.17) is 5.26 Å². The molecule has 4 atom stereocenters. The number of rotatable bonds is 3. The Labute approximate surface area is 138 Å². The molecule has 1 aliphatic carbocycles. The second-order valence-corrected chi connectivity index (χ2v) is 7.67. The van der Waals surface area contributed by atoms with Crippen LogP contribution >= 0.6 is 0 Å². The molecule has 5 nitrogen and oxygen atoms in total. The van der Waals surface area contributed by atoms with E-state index in [0.29, 0.717) is 23.5 Å². The minimum Gasteiger partial charge on any atom is -0.391 e. The lowest BCUT2D eigenvalue weighted by Gasteiger charge is -2.57. The van der Waals surface area contributed by atoms with Crippen LogP contribution in [0.1, 0.15) is 37.9 Å². The van der Waals surface area contributed by atoms with Crippen LogP contribution in [-0.4, -0.2) is 46.8 Å². The number of aliphatic hydroxyl groups excluding tert-OH is 1. The summed E-state index contributed by atoms with van der Waals surface area (Å²) in [5, 5.41) is 23.0. The molecule has 3 rings (SSSR count). The summed E-state index contributed by atoms with van der Waals surface area (Å²) < 4.78 is 0. The van der Waals surface area contributed by atoms with Gasteiger partial charge in [-0.05, 0) is 44.4 Å². The van der Waals surface area contributed by atoms with Gasteiger partial charge in [0.05, 0.1) is 12.1 Å². The molecule has 1 saturated carbocycles. The minimum atomic E-state index is -0.362. The summed E-state index contributed by atoms with van der Waals surface area (Å²) in [6.07, 6.45) is 1.44. The van der Waals surface area contributed by atoms with Crippen molar-refractivity contribution in [2.24, 2.45) is 11.3 Å². The van der Waals surface area contributed by atoms with E-state index in [1.165, 1.54) is 0 Å². The van der Waals surface area contributed by atoms with Gasteiger partial charge in [0.2, 0.25) is 0 Å². The number of pyridine rings is 1. The van der Waals surface area contributed by atoms with Crippen LogP contribution in [0, 0.1) is 29.6 Å². The lowest BCUT2D eigenvalue weighted by Crippen LogP contribution is -2.64. The van der Waals surface area contributed by atoms with Crippen LogP contribution in [0.2, 0.25) is 0 Å². The van der Waals surface area contributed by atoms with Crippen molar-refractivity contribution in [2.45, 2.75) is 51.8 Å². The number of aryl methyl sites for hydroxylation is 1. The standard InChI is InChI=1S/C18H26N4O/c1-11(2)17-18(10-22(17)4)7-13(15(23)8-18)20-16-6-5-12(3)14(9-19)21-16/h5-6,11,13,15,17,23H,7-8,10H2,1-4H3,(H,20,21)/t13-,15-,17?,18?/m1/s1. The summed E-state index contributed by atoms with van der Waals surface area (Å²) in [5.74, 6) is 1.27. The molecule has 0 amide bonds. The summed E-state index contributed by atoms with van der Waals surface area (Å²) in [6, 6.07) is 6.45. The van der Waals surface area contributed by atoms with Crippen molar-refractivity contribution in [1.29, 1.82) is 5.26 Å². The van der Waals surface area contributed by atoms with Gasteiger partial charge in [0, 0.05) is 18.0 Å². The zero-order chi connectivity index (χ0) is 16.8. The van der Waals surface area contributed by atoms with Crippen LogP contribution in [0.4, 0.5) is 5.82 Å². The van der Waals surface area contributed by atoms with Crippen molar-refractivity contribution in [1.82, 2.24) is 9.88 Å². The number of nitrogens with one attached hydrogen (secondary N) is 1. The largest absolute Gasteiger partial charge is 0.391 e. The van der Waals surface area contributed by atoms with Crippen LogP contribution in [-0.2, 0) is 0 Å². The number of nitrogens with zero attached hydrogens (tertiary/aromatic N) is 3. The summed E-state index contributed by atoms with van der Waals surface area (Å²) in [4.78, 5) is 6.76. The molecule has 124 valence electrons. The molecule has 1 aliphatic heterocycles. The Balaban J connectivity index is 1.74. The fourth-order valence-electron chi connectivity index (χ4n) is 4.91. The Bertz CT molecular complexity index is 634. The van der Waals surface area contributed by atoms with E-state index in [-0.39, 0.29) is 17.6 Å². The number of aromatic nitrogens is 1. The summed E-state index contributed by atoms with van der Waals surface area (Å²) >= 11 is 0. The van der Waals surface area contributed by atoms with Crippen LogP contribution in [0.3, 0.4) is 0 Å². The van der Waals surface area contributed by atoms with E-state index in [0.717, 1.165) is 24.9 Å². The average Bonchev–Trinajstić information content (AvgIpc) is 2.78. The highest BCUT2D eigenvalue weighted by Gasteiger charge is 2.58. The van der Waals surface area contributed by atoms with Crippen molar-refractivity contribution in [3.05, 3.63) is 23.4 Å². The van der Waals surface area contributed by atoms with Gasteiger partial charge in [-0.25, -0.2) is 4.98 Å². The Kier molecular flexibility index (Phi) is 4.07. The van der Waals surface area contributed by atoms with E-state index in [9.17, 15) is 5.11 Å². The Hall–Kier alpha value is -1.64. The summed E-state index contributed by atoms with van der Waals surface area (Å²) in [6.45, 7) is 7.45. The zero-order valence-corrected chi connectivity index (χ0v) is 14.4. The summed E-state index contributed by atoms with van der Waals surface area (Å²) in [5.41, 5.74) is 1.53. The SMILES string of the molecule is Cc1ccc(N[C@@H]2CC3(C[C@H]2O)CN(C)C3C(C)C)nc1C#N. The molecule has 2 aliphatic rings. The third kappa shape index (κ3) is 2.71. The van der Waals surface area contributed by atoms with Gasteiger partial charge in [0.1, 0.15) is 17.6 Å². The predicted molar refractivity (Wildman–Crippen MR) is 90.0 cm³/mol. The molecule has 23 heavy (non-hydrogen) atoms. The maximum Gasteiger partial charge on any atom is 0.145 e. The lowest BCUT2D eigenvalue weighted by molar-refractivity contribution is -0.0825. The second kappa shape index (κ2) is 5.77. The van der Waals surface area contributed by atoms with Gasteiger partial charge in [0.15, 0.2) is 0 Å². The highest BCUT2D eigenvalue weighted by Crippen LogP contribution is 2.52. The van der Waals surface area contributed by atoms with Crippen molar-refractivity contribution < 1.29 is 5.11 Å². The first-order valence-electron chi connectivity index (χ1n) is 8.39. The number of anilines is 1. The van der Waals surface area contributed by atoms with Gasteiger partial charge < -0.3 is 15.3 Å². The van der Waals surface area contributed by atoms with Crippen LogP contribution in [0.15, 0.2) is 12.1 Å². The number of hydrogen-bond donors (Lipinski definition) is 2. The maximum absolute atomic E-state index is 10.5. The van der Waals surface area contributed by atoms with E-state index in [2.05, 4.69) is 42.2 Å². The monoisotopic (exact) mass is 314 g/mol. The van der Waals surface area contributed by atoms with Crippen molar-refractivity contribution in [2.75, 3.05) is 18.9 Å². The van der Waals surface area contributed by atoms with Crippen molar-refractivity contribution in [3.8, 4) is 6.07 Å². The van der Waals surface area contributed by atoms with Gasteiger partial charge >= 0.3 is 0 Å². The third-order valence-corrected chi connectivity index (χ3v) is 5.54. The van der Waals surface area contributed by atoms with Gasteiger partial charge in [0.25, 0.3) is 0 Å². The molecule has 1 saturated heterocycles. The first kappa shape index (κ1) is 16.2. The molecule has 0 radical (unpaired) electrons. The zero-order valence-electron chi connectivity index (χ0n) is 14.4. The molecular weight excluding hydrogens is 288 g/mol. The van der Waals surface area contributed by atoms with Crippen molar-refractivity contribution in [3.63, 3.8) is 0 Å². The molecule has 5 heteroatoms. The number of likely N-dealkylation sites (tertiary alicyclic amines) is 1. The predicted octanol–water partition coefficient (Wildman–Crippen LogP) is 2.15. The molecule has 2 heterocycles. The van der Waals surface area contributed by atoms with E-state index in [1.807, 2.05) is 19.1 Å². The highest BCUT2D eigenvalue weighted by atomic mass is 16.3. The molecule has 2 N–H and O–H groups in total. The van der Waals surface area contributed by atoms with Gasteiger partial charge in [-0.3, -0.25) is 0 Å². The maximum atomic E-state index is 10.5. The van der Waals surface area contributed by atoms with Crippen LogP contribution in [0.25, 0.3) is 0 Å². The molecule has 1 aromatic heterocycles. The van der Waals surface area contributed by atoms with Crippen molar-refractivity contribution >= 4 is 5.82 Å². The van der Waals surface area contributed by atoms with Crippen LogP contribution in [0.5, 0.6) is 0 Å². The topological polar surface area (TPSA) is 72.2 Å². The normalized spacial score (nSPS) is 33.7. The second-order valence-electron chi connectivity index (χ2n) is 7.67. The number of nitriles is 1. The molecule has 0 bridgehead atoms. The molecule has 2 unspecified atom stereocenters. The number of hydrogen-bond acceptors (Lipinski definition) is 5. The first-order chi connectivity index (χ1) is 10.9. The molecular formula is C18H26N4O.